The Hall–Kier alpha value is -2.36. The van der Waals surface area contributed by atoms with Gasteiger partial charge in [-0.1, -0.05) is 76.6 Å². The molecule has 172 valence electrons. The molecule has 3 rings (SSSR count). The molecular formula is C28H38N2O2. The van der Waals surface area contributed by atoms with Crippen molar-refractivity contribution in [2.45, 2.75) is 90.9 Å². The second-order valence-corrected chi connectivity index (χ2v) is 9.35. The van der Waals surface area contributed by atoms with Gasteiger partial charge in [0.2, 0.25) is 0 Å². The van der Waals surface area contributed by atoms with E-state index in [4.69, 9.17) is 0 Å². The van der Waals surface area contributed by atoms with Gasteiger partial charge in [-0.15, -0.1) is 0 Å². The van der Waals surface area contributed by atoms with Crippen molar-refractivity contribution in [2.75, 3.05) is 0 Å². The fraction of sp³-hybridized carbons (Fsp3) is 0.571. The summed E-state index contributed by atoms with van der Waals surface area (Å²) in [6.45, 7) is 4.36. The van der Waals surface area contributed by atoms with Gasteiger partial charge in [0.05, 0.1) is 5.92 Å². The maximum absolute atomic E-state index is 12.7. The first kappa shape index (κ1) is 24.3. The largest absolute Gasteiger partial charge is 0.299 e. The average molecular weight is 435 g/mol. The van der Waals surface area contributed by atoms with E-state index in [-0.39, 0.29) is 11.6 Å². The highest BCUT2D eigenvalue weighted by atomic mass is 16.1. The lowest BCUT2D eigenvalue weighted by molar-refractivity contribution is -0.135. The smallest absolute Gasteiger partial charge is 0.159 e. The summed E-state index contributed by atoms with van der Waals surface area (Å²) in [5.41, 5.74) is 3.09. The van der Waals surface area contributed by atoms with Gasteiger partial charge in [-0.25, -0.2) is 9.97 Å². The molecule has 1 aliphatic rings. The van der Waals surface area contributed by atoms with Crippen LogP contribution < -0.4 is 0 Å². The summed E-state index contributed by atoms with van der Waals surface area (Å²) < 4.78 is 0. The number of hydrogen-bond acceptors (Lipinski definition) is 4. The number of aromatic nitrogens is 2. The van der Waals surface area contributed by atoms with Crippen molar-refractivity contribution in [1.29, 1.82) is 0 Å². The van der Waals surface area contributed by atoms with Crippen LogP contribution in [0.25, 0.3) is 11.4 Å². The third kappa shape index (κ3) is 7.08. The zero-order chi connectivity index (χ0) is 22.8. The topological polar surface area (TPSA) is 59.9 Å². The molecule has 1 aliphatic carbocycles. The Labute approximate surface area is 193 Å². The number of hydrogen-bond donors (Lipinski definition) is 0. The van der Waals surface area contributed by atoms with Gasteiger partial charge in [-0.3, -0.25) is 9.59 Å². The Morgan fingerprint density at radius 1 is 0.906 bits per heavy atom. The minimum atomic E-state index is -0.403. The van der Waals surface area contributed by atoms with Crippen LogP contribution in [0.1, 0.15) is 89.2 Å². The zero-order valence-electron chi connectivity index (χ0n) is 19.8. The number of carbonyl (C=O) groups excluding carboxylic acids is 2. The minimum absolute atomic E-state index is 0.0626. The summed E-state index contributed by atoms with van der Waals surface area (Å²) in [5, 5.41) is 0. The van der Waals surface area contributed by atoms with Gasteiger partial charge in [0.15, 0.2) is 5.82 Å². The van der Waals surface area contributed by atoms with Crippen LogP contribution in [0.2, 0.25) is 0 Å². The molecule has 0 bridgehead atoms. The maximum Gasteiger partial charge on any atom is 0.159 e. The van der Waals surface area contributed by atoms with Gasteiger partial charge in [0, 0.05) is 30.8 Å². The molecule has 0 N–H and O–H groups in total. The Morgan fingerprint density at radius 3 is 2.25 bits per heavy atom. The fourth-order valence-corrected chi connectivity index (χ4v) is 4.62. The summed E-state index contributed by atoms with van der Waals surface area (Å²) in [5.74, 6) is 0.970. The molecule has 1 saturated carbocycles. The van der Waals surface area contributed by atoms with E-state index in [1.165, 1.54) is 44.1 Å². The highest BCUT2D eigenvalue weighted by Crippen LogP contribution is 2.29. The van der Waals surface area contributed by atoms with Crippen LogP contribution in [-0.2, 0) is 22.4 Å². The zero-order valence-corrected chi connectivity index (χ0v) is 19.8. The standard InChI is InChI=1S/C28H38N2O2/c1-3-5-6-7-8-9-10-23-19-29-28(30-20-23)24-14-11-22(12-15-24)18-27(32)25-16-13-21(4-2)17-26(25)31/h11-12,14-15,19-21,25H,3-10,13,16-18H2,1-2H3. The Bertz CT molecular complexity index is 858. The molecule has 32 heavy (non-hydrogen) atoms. The second-order valence-electron chi connectivity index (χ2n) is 9.35. The van der Waals surface area contributed by atoms with Gasteiger partial charge in [-0.05, 0) is 42.7 Å². The predicted octanol–water partition coefficient (Wildman–Crippen LogP) is 6.55. The molecule has 2 atom stereocenters. The van der Waals surface area contributed by atoms with Gasteiger partial charge in [0.25, 0.3) is 0 Å². The van der Waals surface area contributed by atoms with Crippen LogP contribution in [-0.4, -0.2) is 21.5 Å². The van der Waals surface area contributed by atoms with Crippen molar-refractivity contribution in [2.24, 2.45) is 11.8 Å². The number of nitrogens with zero attached hydrogens (tertiary/aromatic N) is 2. The van der Waals surface area contributed by atoms with Gasteiger partial charge in [-0.2, -0.15) is 0 Å². The predicted molar refractivity (Wildman–Crippen MR) is 129 cm³/mol. The van der Waals surface area contributed by atoms with Crippen LogP contribution in [0.3, 0.4) is 0 Å². The molecular weight excluding hydrogens is 396 g/mol. The van der Waals surface area contributed by atoms with Crippen molar-refractivity contribution < 1.29 is 9.59 Å². The first-order chi connectivity index (χ1) is 15.6. The third-order valence-electron chi connectivity index (χ3n) is 6.82. The molecule has 0 aliphatic heterocycles. The first-order valence-corrected chi connectivity index (χ1v) is 12.6. The Kier molecular flexibility index (Phi) is 9.58. The summed E-state index contributed by atoms with van der Waals surface area (Å²) in [4.78, 5) is 34.1. The SMILES string of the molecule is CCCCCCCCc1cnc(-c2ccc(CC(=O)C3CCC(CC)CC3=O)cc2)nc1. The van der Waals surface area contributed by atoms with E-state index in [0.29, 0.717) is 31.0 Å². The van der Waals surface area contributed by atoms with Gasteiger partial charge in [0.1, 0.15) is 11.6 Å². The van der Waals surface area contributed by atoms with E-state index in [2.05, 4.69) is 23.8 Å². The average Bonchev–Trinajstić information content (AvgIpc) is 2.82. The quantitative estimate of drug-likeness (QED) is 0.280. The van der Waals surface area contributed by atoms with Crippen LogP contribution >= 0.6 is 0 Å². The number of unbranched alkanes of at least 4 members (excludes halogenated alkanes) is 5. The summed E-state index contributed by atoms with van der Waals surface area (Å²) in [6.07, 6.45) is 16.3. The lowest BCUT2D eigenvalue weighted by Gasteiger charge is -2.25. The van der Waals surface area contributed by atoms with Crippen molar-refractivity contribution in [3.05, 3.63) is 47.8 Å². The van der Waals surface area contributed by atoms with Crippen molar-refractivity contribution in [3.8, 4) is 11.4 Å². The highest BCUT2D eigenvalue weighted by molar-refractivity contribution is 6.03. The lowest BCUT2D eigenvalue weighted by Crippen LogP contribution is -2.31. The first-order valence-electron chi connectivity index (χ1n) is 12.6. The normalized spacial score (nSPS) is 18.6. The minimum Gasteiger partial charge on any atom is -0.299 e. The number of aryl methyl sites for hydroxylation is 1. The number of carbonyl (C=O) groups is 2. The van der Waals surface area contributed by atoms with Crippen molar-refractivity contribution >= 4 is 11.6 Å². The van der Waals surface area contributed by atoms with E-state index in [9.17, 15) is 9.59 Å². The molecule has 4 heteroatoms. The molecule has 2 unspecified atom stereocenters. The summed E-state index contributed by atoms with van der Waals surface area (Å²) in [6, 6.07) is 7.87. The van der Waals surface area contributed by atoms with Crippen LogP contribution in [0.4, 0.5) is 0 Å². The number of Topliss-reactive ketones (excluding diaryl/α,β-unsaturated/α-hetero) is 2. The number of rotatable bonds is 12. The second kappa shape index (κ2) is 12.6. The molecule has 0 amide bonds. The highest BCUT2D eigenvalue weighted by Gasteiger charge is 2.32. The lowest BCUT2D eigenvalue weighted by atomic mass is 9.77. The molecule has 1 aromatic heterocycles. The van der Waals surface area contributed by atoms with Gasteiger partial charge < -0.3 is 0 Å². The van der Waals surface area contributed by atoms with E-state index in [0.717, 1.165) is 30.4 Å². The van der Waals surface area contributed by atoms with Gasteiger partial charge >= 0.3 is 0 Å². The van der Waals surface area contributed by atoms with E-state index >= 15 is 0 Å². The summed E-state index contributed by atoms with van der Waals surface area (Å²) in [7, 11) is 0. The van der Waals surface area contributed by atoms with Crippen molar-refractivity contribution in [3.63, 3.8) is 0 Å². The monoisotopic (exact) mass is 434 g/mol. The molecule has 0 saturated heterocycles. The Morgan fingerprint density at radius 2 is 1.59 bits per heavy atom. The maximum atomic E-state index is 12.7. The molecule has 1 fully saturated rings. The molecule has 0 spiro atoms. The molecule has 1 heterocycles. The van der Waals surface area contributed by atoms with Crippen LogP contribution in [0.15, 0.2) is 36.7 Å². The third-order valence-corrected chi connectivity index (χ3v) is 6.82. The fourth-order valence-electron chi connectivity index (χ4n) is 4.62. The van der Waals surface area contributed by atoms with E-state index in [1.807, 2.05) is 36.7 Å². The molecule has 0 radical (unpaired) electrons. The Balaban J connectivity index is 1.48. The molecule has 1 aromatic carbocycles. The molecule has 4 nitrogen and oxygen atoms in total. The molecule has 2 aromatic rings. The van der Waals surface area contributed by atoms with E-state index < -0.39 is 5.92 Å². The van der Waals surface area contributed by atoms with Crippen molar-refractivity contribution in [1.82, 2.24) is 9.97 Å². The number of benzene rings is 1. The summed E-state index contributed by atoms with van der Waals surface area (Å²) >= 11 is 0. The van der Waals surface area contributed by atoms with Crippen LogP contribution in [0.5, 0.6) is 0 Å². The number of ketones is 2. The van der Waals surface area contributed by atoms with E-state index in [1.54, 1.807) is 0 Å². The van der Waals surface area contributed by atoms with Crippen LogP contribution in [0, 0.1) is 11.8 Å².